The summed E-state index contributed by atoms with van der Waals surface area (Å²) in [6.07, 6.45) is 0.886. The molecule has 0 unspecified atom stereocenters. The third-order valence-electron chi connectivity index (χ3n) is 2.88. The molecule has 2 aromatic rings. The van der Waals surface area contributed by atoms with Gasteiger partial charge in [-0.3, -0.25) is 0 Å². The van der Waals surface area contributed by atoms with Crippen molar-refractivity contribution in [3.05, 3.63) is 40.0 Å². The van der Waals surface area contributed by atoms with Gasteiger partial charge in [0, 0.05) is 32.0 Å². The Morgan fingerprint density at radius 3 is 2.82 bits per heavy atom. The lowest BCUT2D eigenvalue weighted by Gasteiger charge is -2.11. The quantitative estimate of drug-likeness (QED) is 0.736. The molecule has 0 aliphatic carbocycles. The molecule has 1 aromatic carbocycles. The first-order chi connectivity index (χ1) is 10.6. The fourth-order valence-corrected chi connectivity index (χ4v) is 2.21. The molecule has 1 aromatic heterocycles. The molecular formula is C15H18Cl2N4O. The standard InChI is InChI=1S/C15H18Cl2N4O/c1-10-9-13(20-12-6-3-5-11(16)14(12)17)21-15(19-10)18-7-4-8-22-2/h3,5-6,9H,4,7-8H2,1-2H3,(H2,18,19,20,21). The molecule has 0 saturated heterocycles. The van der Waals surface area contributed by atoms with Gasteiger partial charge < -0.3 is 15.4 Å². The summed E-state index contributed by atoms with van der Waals surface area (Å²) >= 11 is 12.2. The zero-order chi connectivity index (χ0) is 15.9. The second-order valence-corrected chi connectivity index (χ2v) is 5.50. The molecule has 0 aliphatic heterocycles. The summed E-state index contributed by atoms with van der Waals surface area (Å²) in [5.74, 6) is 1.22. The molecule has 0 aliphatic rings. The number of aromatic nitrogens is 2. The lowest BCUT2D eigenvalue weighted by atomic mass is 10.3. The molecule has 0 spiro atoms. The summed E-state index contributed by atoms with van der Waals surface area (Å²) in [7, 11) is 1.68. The molecule has 0 saturated carbocycles. The van der Waals surface area contributed by atoms with Gasteiger partial charge >= 0.3 is 0 Å². The highest BCUT2D eigenvalue weighted by Crippen LogP contribution is 2.31. The van der Waals surface area contributed by atoms with E-state index in [0.29, 0.717) is 34.1 Å². The minimum Gasteiger partial charge on any atom is -0.385 e. The lowest BCUT2D eigenvalue weighted by Crippen LogP contribution is -2.09. The molecule has 5 nitrogen and oxygen atoms in total. The molecule has 22 heavy (non-hydrogen) atoms. The highest BCUT2D eigenvalue weighted by Gasteiger charge is 2.07. The van der Waals surface area contributed by atoms with Gasteiger partial charge in [-0.05, 0) is 25.5 Å². The van der Waals surface area contributed by atoms with Gasteiger partial charge in [0.15, 0.2) is 0 Å². The number of rotatable bonds is 7. The minimum absolute atomic E-state index is 0.468. The van der Waals surface area contributed by atoms with E-state index in [0.717, 1.165) is 18.7 Å². The molecular weight excluding hydrogens is 323 g/mol. The van der Waals surface area contributed by atoms with Crippen molar-refractivity contribution in [3.8, 4) is 0 Å². The van der Waals surface area contributed by atoms with Crippen LogP contribution in [-0.4, -0.2) is 30.2 Å². The van der Waals surface area contributed by atoms with Gasteiger partial charge in [-0.2, -0.15) is 4.98 Å². The lowest BCUT2D eigenvalue weighted by molar-refractivity contribution is 0.197. The first-order valence-corrected chi connectivity index (χ1v) is 7.65. The summed E-state index contributed by atoms with van der Waals surface area (Å²) in [4.78, 5) is 8.77. The number of hydrogen-bond acceptors (Lipinski definition) is 5. The number of nitrogens with one attached hydrogen (secondary N) is 2. The highest BCUT2D eigenvalue weighted by molar-refractivity contribution is 6.43. The molecule has 1 heterocycles. The Labute approximate surface area is 140 Å². The van der Waals surface area contributed by atoms with Crippen molar-refractivity contribution in [2.24, 2.45) is 0 Å². The Bertz CT molecular complexity index is 637. The number of halogens is 2. The highest BCUT2D eigenvalue weighted by atomic mass is 35.5. The average Bonchev–Trinajstić information content (AvgIpc) is 2.48. The summed E-state index contributed by atoms with van der Waals surface area (Å²) in [6, 6.07) is 7.26. The topological polar surface area (TPSA) is 59.1 Å². The number of anilines is 3. The third kappa shape index (κ3) is 4.73. The maximum Gasteiger partial charge on any atom is 0.224 e. The summed E-state index contributed by atoms with van der Waals surface area (Å²) in [5, 5.41) is 7.30. The smallest absolute Gasteiger partial charge is 0.224 e. The SMILES string of the molecule is COCCCNc1nc(C)cc(Nc2cccc(Cl)c2Cl)n1. The maximum absolute atomic E-state index is 6.17. The molecule has 118 valence electrons. The third-order valence-corrected chi connectivity index (χ3v) is 3.70. The number of hydrogen-bond donors (Lipinski definition) is 2. The molecule has 0 amide bonds. The Balaban J connectivity index is 2.10. The summed E-state index contributed by atoms with van der Waals surface area (Å²) in [6.45, 7) is 3.35. The van der Waals surface area contributed by atoms with E-state index in [9.17, 15) is 0 Å². The van der Waals surface area contributed by atoms with Crippen molar-refractivity contribution in [3.63, 3.8) is 0 Å². The van der Waals surface area contributed by atoms with Crippen LogP contribution in [0.1, 0.15) is 12.1 Å². The van der Waals surface area contributed by atoms with Crippen molar-refractivity contribution in [1.82, 2.24) is 9.97 Å². The first-order valence-electron chi connectivity index (χ1n) is 6.89. The van der Waals surface area contributed by atoms with Crippen molar-refractivity contribution in [2.75, 3.05) is 30.9 Å². The van der Waals surface area contributed by atoms with Crippen LogP contribution in [0.5, 0.6) is 0 Å². The predicted molar refractivity (Wildman–Crippen MR) is 91.5 cm³/mol. The van der Waals surface area contributed by atoms with Crippen LogP contribution in [-0.2, 0) is 4.74 Å². The van der Waals surface area contributed by atoms with E-state index in [-0.39, 0.29) is 0 Å². The van der Waals surface area contributed by atoms with Crippen LogP contribution in [0.25, 0.3) is 0 Å². The number of aryl methyl sites for hydroxylation is 1. The van der Waals surface area contributed by atoms with Crippen LogP contribution in [0.2, 0.25) is 10.0 Å². The zero-order valence-corrected chi connectivity index (χ0v) is 14.0. The fraction of sp³-hybridized carbons (Fsp3) is 0.333. The molecule has 0 atom stereocenters. The maximum atomic E-state index is 6.17. The summed E-state index contributed by atoms with van der Waals surface area (Å²) < 4.78 is 5.01. The van der Waals surface area contributed by atoms with Gasteiger partial charge in [0.1, 0.15) is 5.82 Å². The Hall–Kier alpha value is -1.56. The van der Waals surface area contributed by atoms with Crippen LogP contribution in [0, 0.1) is 6.92 Å². The van der Waals surface area contributed by atoms with Crippen LogP contribution >= 0.6 is 23.2 Å². The van der Waals surface area contributed by atoms with E-state index in [1.54, 1.807) is 13.2 Å². The molecule has 0 fully saturated rings. The van der Waals surface area contributed by atoms with Crippen LogP contribution < -0.4 is 10.6 Å². The average molecular weight is 341 g/mol. The van der Waals surface area contributed by atoms with E-state index < -0.39 is 0 Å². The van der Waals surface area contributed by atoms with Gasteiger partial charge in [-0.15, -0.1) is 0 Å². The first kappa shape index (κ1) is 16.8. The van der Waals surface area contributed by atoms with Crippen molar-refractivity contribution >= 4 is 40.7 Å². The summed E-state index contributed by atoms with van der Waals surface area (Å²) in [5.41, 5.74) is 1.56. The van der Waals surface area contributed by atoms with Crippen molar-refractivity contribution in [1.29, 1.82) is 0 Å². The number of benzene rings is 1. The fourth-order valence-electron chi connectivity index (χ4n) is 1.87. The predicted octanol–water partition coefficient (Wildman–Crippen LogP) is 4.28. The molecule has 0 bridgehead atoms. The van der Waals surface area contributed by atoms with Crippen LogP contribution in [0.3, 0.4) is 0 Å². The van der Waals surface area contributed by atoms with E-state index >= 15 is 0 Å². The Kier molecular flexibility index (Phi) is 6.24. The number of ether oxygens (including phenoxy) is 1. The largest absolute Gasteiger partial charge is 0.385 e. The van der Waals surface area contributed by atoms with Crippen LogP contribution in [0.15, 0.2) is 24.3 Å². The molecule has 0 radical (unpaired) electrons. The van der Waals surface area contributed by atoms with Gasteiger partial charge in [-0.25, -0.2) is 4.98 Å². The van der Waals surface area contributed by atoms with Gasteiger partial charge in [0.2, 0.25) is 5.95 Å². The van der Waals surface area contributed by atoms with Crippen LogP contribution in [0.4, 0.5) is 17.5 Å². The van der Waals surface area contributed by atoms with Gasteiger partial charge in [0.25, 0.3) is 0 Å². The zero-order valence-electron chi connectivity index (χ0n) is 12.5. The van der Waals surface area contributed by atoms with E-state index in [1.165, 1.54) is 0 Å². The van der Waals surface area contributed by atoms with E-state index in [2.05, 4.69) is 20.6 Å². The van der Waals surface area contributed by atoms with E-state index in [4.69, 9.17) is 27.9 Å². The molecule has 2 N–H and O–H groups in total. The second kappa shape index (κ2) is 8.17. The Morgan fingerprint density at radius 2 is 2.05 bits per heavy atom. The van der Waals surface area contributed by atoms with E-state index in [1.807, 2.05) is 25.1 Å². The molecule has 7 heteroatoms. The Morgan fingerprint density at radius 1 is 1.23 bits per heavy atom. The number of nitrogens with zero attached hydrogens (tertiary/aromatic N) is 2. The normalized spacial score (nSPS) is 10.5. The molecule has 2 rings (SSSR count). The van der Waals surface area contributed by atoms with Gasteiger partial charge in [0.05, 0.1) is 15.7 Å². The minimum atomic E-state index is 0.468. The second-order valence-electron chi connectivity index (χ2n) is 4.72. The number of methoxy groups -OCH3 is 1. The monoisotopic (exact) mass is 340 g/mol. The van der Waals surface area contributed by atoms with Crippen molar-refractivity contribution < 1.29 is 4.74 Å². The van der Waals surface area contributed by atoms with Crippen molar-refractivity contribution in [2.45, 2.75) is 13.3 Å². The van der Waals surface area contributed by atoms with Gasteiger partial charge in [-0.1, -0.05) is 29.3 Å².